The molecule has 6 heteroatoms. The molecule has 0 unspecified atom stereocenters. The van der Waals surface area contributed by atoms with Gasteiger partial charge in [-0.3, -0.25) is 9.52 Å². The van der Waals surface area contributed by atoms with Crippen LogP contribution >= 0.6 is 11.9 Å². The Morgan fingerprint density at radius 3 is 3.13 bits per heavy atom. The molecule has 0 spiro atoms. The molecule has 0 aliphatic carbocycles. The molecule has 0 aliphatic rings. The van der Waals surface area contributed by atoms with E-state index in [1.54, 1.807) is 0 Å². The number of carbonyl (C=O) groups excluding carboxylic acids is 1. The summed E-state index contributed by atoms with van der Waals surface area (Å²) < 4.78 is 7.56. The first-order valence-corrected chi connectivity index (χ1v) is 4.94. The molecule has 1 amide bonds. The van der Waals surface area contributed by atoms with Gasteiger partial charge in [0, 0.05) is 10.5 Å². The Balaban J connectivity index is 2.23. The molecule has 1 N–H and O–H groups in total. The smallest absolute Gasteiger partial charge is 0.247 e. The average molecular weight is 221 g/mol. The van der Waals surface area contributed by atoms with E-state index in [1.165, 1.54) is 18.3 Å². The lowest BCUT2D eigenvalue weighted by Gasteiger charge is -1.99. The van der Waals surface area contributed by atoms with Gasteiger partial charge >= 0.3 is 0 Å². The Morgan fingerprint density at radius 1 is 1.47 bits per heavy atom. The van der Waals surface area contributed by atoms with Gasteiger partial charge in [0.1, 0.15) is 0 Å². The van der Waals surface area contributed by atoms with Crippen molar-refractivity contribution in [3.63, 3.8) is 0 Å². The minimum Gasteiger partial charge on any atom is -0.423 e. The van der Waals surface area contributed by atoms with Crippen molar-refractivity contribution >= 4 is 18.4 Å². The van der Waals surface area contributed by atoms with Crippen molar-refractivity contribution in [2.24, 2.45) is 0 Å². The zero-order valence-corrected chi connectivity index (χ0v) is 8.40. The van der Waals surface area contributed by atoms with Gasteiger partial charge in [0.15, 0.2) is 0 Å². The average Bonchev–Trinajstić information content (AvgIpc) is 2.80. The van der Waals surface area contributed by atoms with Crippen LogP contribution in [0.4, 0.5) is 0 Å². The molecule has 5 nitrogen and oxygen atoms in total. The van der Waals surface area contributed by atoms with Gasteiger partial charge in [-0.25, -0.2) is 0 Å². The molecule has 0 saturated carbocycles. The monoisotopic (exact) mass is 221 g/mol. The first-order chi connectivity index (χ1) is 7.40. The summed E-state index contributed by atoms with van der Waals surface area (Å²) in [7, 11) is 0. The predicted octanol–water partition coefficient (Wildman–Crippen LogP) is 1.49. The maximum Gasteiger partial charge on any atom is 0.247 e. The molecule has 1 heterocycles. The van der Waals surface area contributed by atoms with Crippen LogP contribution in [0.5, 0.6) is 0 Å². The van der Waals surface area contributed by atoms with Gasteiger partial charge in [0.25, 0.3) is 0 Å². The highest BCUT2D eigenvalue weighted by atomic mass is 32.2. The van der Waals surface area contributed by atoms with Crippen LogP contribution in [0.1, 0.15) is 0 Å². The molecule has 76 valence electrons. The van der Waals surface area contributed by atoms with E-state index in [2.05, 4.69) is 14.9 Å². The number of carbonyl (C=O) groups is 1. The van der Waals surface area contributed by atoms with Crippen molar-refractivity contribution in [2.75, 3.05) is 0 Å². The summed E-state index contributed by atoms with van der Waals surface area (Å²) in [6.45, 7) is 0. The van der Waals surface area contributed by atoms with E-state index < -0.39 is 0 Å². The molecule has 2 aromatic rings. The fourth-order valence-corrected chi connectivity index (χ4v) is 1.60. The van der Waals surface area contributed by atoms with E-state index in [0.717, 1.165) is 10.5 Å². The summed E-state index contributed by atoms with van der Waals surface area (Å²) in [5.74, 6) is 0.462. The highest BCUT2D eigenvalue weighted by Gasteiger charge is 2.03. The number of rotatable bonds is 4. The first kappa shape index (κ1) is 9.72. The van der Waals surface area contributed by atoms with E-state index in [0.29, 0.717) is 12.3 Å². The first-order valence-electron chi connectivity index (χ1n) is 4.13. The van der Waals surface area contributed by atoms with Gasteiger partial charge in [-0.1, -0.05) is 6.07 Å². The summed E-state index contributed by atoms with van der Waals surface area (Å²) in [6.07, 6.45) is 1.91. The van der Waals surface area contributed by atoms with Crippen LogP contribution in [0.15, 0.2) is 40.0 Å². The van der Waals surface area contributed by atoms with Crippen molar-refractivity contribution in [1.82, 2.24) is 14.9 Å². The zero-order valence-electron chi connectivity index (χ0n) is 7.58. The summed E-state index contributed by atoms with van der Waals surface area (Å²) >= 11 is 1.22. The van der Waals surface area contributed by atoms with Gasteiger partial charge in [0.05, 0.1) is 0 Å². The summed E-state index contributed by atoms with van der Waals surface area (Å²) in [6, 6.07) is 7.45. The normalized spacial score (nSPS) is 9.87. The van der Waals surface area contributed by atoms with Crippen molar-refractivity contribution in [1.29, 1.82) is 0 Å². The molecule has 0 aliphatic heterocycles. The molecular formula is C9H7N3O2S. The lowest BCUT2D eigenvalue weighted by atomic mass is 10.2. The SMILES string of the molecule is O=CNSc1cccc(-c2nnco2)c1. The van der Waals surface area contributed by atoms with Crippen LogP contribution in [0, 0.1) is 0 Å². The Morgan fingerprint density at radius 2 is 2.40 bits per heavy atom. The second-order valence-corrected chi connectivity index (χ2v) is 3.52. The number of aromatic nitrogens is 2. The minimum absolute atomic E-state index is 0.462. The predicted molar refractivity (Wildman–Crippen MR) is 54.8 cm³/mol. The molecule has 1 aromatic carbocycles. The van der Waals surface area contributed by atoms with Crippen LogP contribution in [-0.2, 0) is 4.79 Å². The molecule has 0 fully saturated rings. The standard InChI is InChI=1S/C9H7N3O2S/c13-5-11-15-8-3-1-2-7(4-8)9-12-10-6-14-9/h1-6H,(H,11,13). The third kappa shape index (κ3) is 2.35. The van der Waals surface area contributed by atoms with Crippen LogP contribution in [0.2, 0.25) is 0 Å². The minimum atomic E-state index is 0.462. The van der Waals surface area contributed by atoms with Crippen LogP contribution in [-0.4, -0.2) is 16.6 Å². The second kappa shape index (κ2) is 4.61. The molecule has 0 atom stereocenters. The second-order valence-electron chi connectivity index (χ2n) is 2.61. The fraction of sp³-hybridized carbons (Fsp3) is 0. The highest BCUT2D eigenvalue weighted by Crippen LogP contribution is 2.22. The lowest BCUT2D eigenvalue weighted by molar-refractivity contribution is -0.107. The van der Waals surface area contributed by atoms with Crippen molar-refractivity contribution < 1.29 is 9.21 Å². The maximum absolute atomic E-state index is 10.1. The molecular weight excluding hydrogens is 214 g/mol. The molecule has 1 aromatic heterocycles. The molecule has 0 bridgehead atoms. The van der Waals surface area contributed by atoms with Gasteiger partial charge in [-0.2, -0.15) is 0 Å². The third-order valence-electron chi connectivity index (χ3n) is 1.67. The van der Waals surface area contributed by atoms with Gasteiger partial charge in [-0.05, 0) is 30.1 Å². The highest BCUT2D eigenvalue weighted by molar-refractivity contribution is 7.97. The molecule has 2 rings (SSSR count). The van der Waals surface area contributed by atoms with E-state index >= 15 is 0 Å². The summed E-state index contributed by atoms with van der Waals surface area (Å²) in [4.78, 5) is 11.0. The van der Waals surface area contributed by atoms with Crippen LogP contribution in [0.3, 0.4) is 0 Å². The molecule has 0 radical (unpaired) electrons. The topological polar surface area (TPSA) is 68.0 Å². The Bertz CT molecular complexity index is 444. The van der Waals surface area contributed by atoms with Crippen LogP contribution in [0.25, 0.3) is 11.5 Å². The van der Waals surface area contributed by atoms with Gasteiger partial charge in [-0.15, -0.1) is 10.2 Å². The molecule has 15 heavy (non-hydrogen) atoms. The summed E-state index contributed by atoms with van der Waals surface area (Å²) in [5, 5.41) is 7.39. The number of benzene rings is 1. The van der Waals surface area contributed by atoms with Crippen LogP contribution < -0.4 is 4.72 Å². The van der Waals surface area contributed by atoms with E-state index in [4.69, 9.17) is 4.42 Å². The van der Waals surface area contributed by atoms with Crippen molar-refractivity contribution in [3.05, 3.63) is 30.7 Å². The lowest BCUT2D eigenvalue weighted by Crippen LogP contribution is -1.96. The van der Waals surface area contributed by atoms with E-state index in [1.807, 2.05) is 24.3 Å². The van der Waals surface area contributed by atoms with Crippen molar-refractivity contribution in [2.45, 2.75) is 4.90 Å². The fourth-order valence-electron chi connectivity index (χ4n) is 1.08. The Kier molecular flexibility index (Phi) is 2.99. The van der Waals surface area contributed by atoms with E-state index in [9.17, 15) is 4.79 Å². The van der Waals surface area contributed by atoms with Crippen molar-refractivity contribution in [3.8, 4) is 11.5 Å². The number of nitrogens with one attached hydrogen (secondary N) is 1. The quantitative estimate of drug-likeness (QED) is 0.625. The van der Waals surface area contributed by atoms with Gasteiger partial charge in [0.2, 0.25) is 18.7 Å². The zero-order chi connectivity index (χ0) is 10.5. The largest absolute Gasteiger partial charge is 0.423 e. The summed E-state index contributed by atoms with van der Waals surface area (Å²) in [5.41, 5.74) is 0.824. The Hall–Kier alpha value is -1.82. The number of amides is 1. The Labute approximate surface area is 90.0 Å². The number of nitrogens with zero attached hydrogens (tertiary/aromatic N) is 2. The maximum atomic E-state index is 10.1. The number of hydrogen-bond donors (Lipinski definition) is 1. The third-order valence-corrected chi connectivity index (χ3v) is 2.37. The molecule has 0 saturated heterocycles. The number of hydrogen-bond acceptors (Lipinski definition) is 5. The van der Waals surface area contributed by atoms with Gasteiger partial charge < -0.3 is 4.42 Å². The van der Waals surface area contributed by atoms with E-state index in [-0.39, 0.29) is 0 Å².